The molecule has 0 rings (SSSR count). The third-order valence-electron chi connectivity index (χ3n) is 2.72. The fourth-order valence-corrected chi connectivity index (χ4v) is 0.804. The van der Waals surface area contributed by atoms with Crippen molar-refractivity contribution >= 4 is 5.91 Å². The molecule has 0 saturated carbocycles. The van der Waals surface area contributed by atoms with Crippen LogP contribution in [0, 0.1) is 5.92 Å². The van der Waals surface area contributed by atoms with Crippen LogP contribution in [-0.4, -0.2) is 16.5 Å². The van der Waals surface area contributed by atoms with E-state index in [0.29, 0.717) is 11.5 Å². The molecule has 0 saturated heterocycles. The lowest BCUT2D eigenvalue weighted by Crippen LogP contribution is -3.00. The number of amides is 1. The summed E-state index contributed by atoms with van der Waals surface area (Å²) in [6.45, 7) is 13.5. The van der Waals surface area contributed by atoms with E-state index in [9.17, 15) is 4.79 Å². The van der Waals surface area contributed by atoms with Crippen LogP contribution >= 0.6 is 0 Å². The predicted octanol–water partition coefficient (Wildman–Crippen LogP) is -2.01. The van der Waals surface area contributed by atoms with Crippen LogP contribution in [0.15, 0.2) is 12.2 Å². The van der Waals surface area contributed by atoms with Gasteiger partial charge in [0, 0.05) is 5.57 Å². The number of carbonyl (C=O) groups excluding carboxylic acids is 1. The van der Waals surface area contributed by atoms with Crippen molar-refractivity contribution < 1.29 is 23.0 Å². The maximum absolute atomic E-state index is 11.6. The summed E-state index contributed by atoms with van der Waals surface area (Å²) in [5, 5.41) is 1.51. The van der Waals surface area contributed by atoms with Gasteiger partial charge >= 0.3 is 0 Å². The Morgan fingerprint density at radius 2 is 1.79 bits per heavy atom. The molecule has 0 spiro atoms. The molecule has 0 aromatic rings. The second-order valence-corrected chi connectivity index (χ2v) is 4.32. The third kappa shape index (κ3) is 3.31. The molecule has 0 aliphatic heterocycles. The van der Waals surface area contributed by atoms with Crippen LogP contribution in [0.4, 0.5) is 0 Å². The fraction of sp³-hybridized carbons (Fsp3) is 0.700. The second-order valence-electron chi connectivity index (χ2n) is 4.32. The van der Waals surface area contributed by atoms with E-state index in [1.807, 2.05) is 13.8 Å². The molecule has 0 aromatic heterocycles. The van der Waals surface area contributed by atoms with Gasteiger partial charge in [0.25, 0.3) is 5.91 Å². The number of nitrogens with zero attached hydrogens (tertiary/aromatic N) is 1. The minimum absolute atomic E-state index is 0. The van der Waals surface area contributed by atoms with Crippen LogP contribution < -0.4 is 18.2 Å². The van der Waals surface area contributed by atoms with Crippen molar-refractivity contribution in [1.82, 2.24) is 5.01 Å². The van der Waals surface area contributed by atoms with Crippen LogP contribution in [-0.2, 0) is 4.79 Å². The van der Waals surface area contributed by atoms with Crippen molar-refractivity contribution in [3.8, 4) is 0 Å². The van der Waals surface area contributed by atoms with Crippen LogP contribution in [0.1, 0.15) is 34.6 Å². The zero-order valence-corrected chi connectivity index (χ0v) is 10.5. The number of hydrogen-bond acceptors (Lipinski definition) is 1. The van der Waals surface area contributed by atoms with Gasteiger partial charge in [0.2, 0.25) is 0 Å². The Hall–Kier alpha value is -0.540. The molecule has 14 heavy (non-hydrogen) atoms. The summed E-state index contributed by atoms with van der Waals surface area (Å²) in [5.74, 6) is 4.06. The van der Waals surface area contributed by atoms with Crippen LogP contribution in [0.2, 0.25) is 0 Å². The SMILES string of the molecule is C=C(C)C(=O)N([NH3+])C(C)(C)C(C)C.[Cl-]. The lowest BCUT2D eigenvalue weighted by molar-refractivity contribution is -0.574. The molecular weight excluding hydrogens is 200 g/mol. The fourth-order valence-electron chi connectivity index (χ4n) is 0.804. The average Bonchev–Trinajstić information content (AvgIpc) is 2.01. The van der Waals surface area contributed by atoms with Gasteiger partial charge < -0.3 is 12.4 Å². The van der Waals surface area contributed by atoms with Gasteiger partial charge in [-0.15, -0.1) is 0 Å². The predicted molar refractivity (Wildman–Crippen MR) is 53.5 cm³/mol. The summed E-state index contributed by atoms with van der Waals surface area (Å²) in [5.41, 5.74) is 0.305. The maximum atomic E-state index is 11.6. The Morgan fingerprint density at radius 1 is 1.43 bits per heavy atom. The van der Waals surface area contributed by atoms with Crippen molar-refractivity contribution in [2.75, 3.05) is 0 Å². The lowest BCUT2D eigenvalue weighted by atomic mass is 9.89. The van der Waals surface area contributed by atoms with Gasteiger partial charge in [-0.2, -0.15) is 5.01 Å². The molecule has 0 radical (unpaired) electrons. The van der Waals surface area contributed by atoms with E-state index in [1.54, 1.807) is 6.92 Å². The van der Waals surface area contributed by atoms with Gasteiger partial charge in [0.1, 0.15) is 0 Å². The number of hydrogen-bond donors (Lipinski definition) is 1. The molecule has 3 N–H and O–H groups in total. The Labute approximate surface area is 92.7 Å². The molecule has 0 aliphatic rings. The first-order valence-corrected chi connectivity index (χ1v) is 4.51. The van der Waals surface area contributed by atoms with Crippen LogP contribution in [0.3, 0.4) is 0 Å². The third-order valence-corrected chi connectivity index (χ3v) is 2.72. The van der Waals surface area contributed by atoms with Gasteiger partial charge in [-0.25, -0.2) is 0 Å². The van der Waals surface area contributed by atoms with Gasteiger partial charge in [0.15, 0.2) is 0 Å². The molecule has 84 valence electrons. The largest absolute Gasteiger partial charge is 1.00 e. The molecule has 3 nitrogen and oxygen atoms in total. The number of quaternary nitrogens is 1. The van der Waals surface area contributed by atoms with Crippen molar-refractivity contribution in [2.24, 2.45) is 5.92 Å². The van der Waals surface area contributed by atoms with Gasteiger partial charge in [-0.1, -0.05) is 20.4 Å². The highest BCUT2D eigenvalue weighted by atomic mass is 35.5. The molecule has 0 bridgehead atoms. The number of rotatable bonds is 3. The summed E-state index contributed by atoms with van der Waals surface area (Å²) >= 11 is 0. The molecule has 4 heteroatoms. The van der Waals surface area contributed by atoms with Crippen molar-refractivity contribution in [3.63, 3.8) is 0 Å². The highest BCUT2D eigenvalue weighted by Gasteiger charge is 2.34. The highest BCUT2D eigenvalue weighted by molar-refractivity contribution is 5.91. The van der Waals surface area contributed by atoms with Crippen molar-refractivity contribution in [3.05, 3.63) is 12.2 Å². The molecular formula is C10H21ClN2O. The Bertz CT molecular complexity index is 224. The van der Waals surface area contributed by atoms with E-state index in [-0.39, 0.29) is 23.9 Å². The molecule has 1 amide bonds. The first kappa shape index (κ1) is 15.9. The summed E-state index contributed by atoms with van der Waals surface area (Å²) in [7, 11) is 0. The van der Waals surface area contributed by atoms with Gasteiger partial charge in [0.05, 0.1) is 5.54 Å². The van der Waals surface area contributed by atoms with E-state index < -0.39 is 0 Å². The van der Waals surface area contributed by atoms with E-state index >= 15 is 0 Å². The molecule has 0 fully saturated rings. The minimum Gasteiger partial charge on any atom is -1.00 e. The van der Waals surface area contributed by atoms with Crippen molar-refractivity contribution in [1.29, 1.82) is 0 Å². The van der Waals surface area contributed by atoms with E-state index in [1.165, 1.54) is 5.01 Å². The number of halogens is 1. The van der Waals surface area contributed by atoms with Gasteiger partial charge in [-0.3, -0.25) is 10.6 Å². The molecule has 0 heterocycles. The van der Waals surface area contributed by atoms with Crippen molar-refractivity contribution in [2.45, 2.75) is 40.2 Å². The Morgan fingerprint density at radius 3 is 2.00 bits per heavy atom. The molecule has 0 aliphatic carbocycles. The summed E-state index contributed by atoms with van der Waals surface area (Å²) in [4.78, 5) is 11.6. The van der Waals surface area contributed by atoms with Crippen LogP contribution in [0.5, 0.6) is 0 Å². The lowest BCUT2D eigenvalue weighted by Gasteiger charge is -2.35. The Kier molecular flexibility index (Phi) is 6.10. The standard InChI is InChI=1S/C10H20N2O.ClH/c1-7(2)9(13)12(11)10(5,6)8(3)4;/h8H,1,11H2,2-6H3;1H. The minimum atomic E-state index is -0.226. The smallest absolute Gasteiger partial charge is 0.294 e. The summed E-state index contributed by atoms with van der Waals surface area (Å²) in [6, 6.07) is 0. The normalized spacial score (nSPS) is 10.8. The molecule has 0 atom stereocenters. The van der Waals surface area contributed by atoms with E-state index in [2.05, 4.69) is 26.3 Å². The number of carbonyl (C=O) groups is 1. The first-order chi connectivity index (χ1) is 5.71. The van der Waals surface area contributed by atoms with E-state index in [0.717, 1.165) is 0 Å². The molecule has 0 unspecified atom stereocenters. The zero-order chi connectivity index (χ0) is 10.8. The summed E-state index contributed by atoms with van der Waals surface area (Å²) < 4.78 is 0. The molecule has 0 aromatic carbocycles. The quantitative estimate of drug-likeness (QED) is 0.434. The van der Waals surface area contributed by atoms with Crippen LogP contribution in [0.25, 0.3) is 0 Å². The Balaban J connectivity index is 0. The topological polar surface area (TPSA) is 48.0 Å². The maximum Gasteiger partial charge on any atom is 0.294 e. The zero-order valence-electron chi connectivity index (χ0n) is 9.72. The highest BCUT2D eigenvalue weighted by Crippen LogP contribution is 2.21. The van der Waals surface area contributed by atoms with Gasteiger partial charge in [-0.05, 0) is 26.7 Å². The monoisotopic (exact) mass is 220 g/mol. The first-order valence-electron chi connectivity index (χ1n) is 4.51. The second kappa shape index (κ2) is 5.37. The summed E-state index contributed by atoms with van der Waals surface area (Å²) in [6.07, 6.45) is 0. The van der Waals surface area contributed by atoms with E-state index in [4.69, 9.17) is 0 Å². The average molecular weight is 221 g/mol.